The van der Waals surface area contributed by atoms with Crippen LogP contribution in [0.1, 0.15) is 19.4 Å². The molecule has 2 aromatic heterocycles. The fraction of sp³-hybridized carbons (Fsp3) is 0.200. The summed E-state index contributed by atoms with van der Waals surface area (Å²) in [7, 11) is 0. The summed E-state index contributed by atoms with van der Waals surface area (Å²) in [6, 6.07) is 12.2. The van der Waals surface area contributed by atoms with E-state index in [2.05, 4.69) is 15.3 Å². The van der Waals surface area contributed by atoms with Crippen molar-refractivity contribution in [3.05, 3.63) is 78.3 Å². The van der Waals surface area contributed by atoms with Crippen LogP contribution >= 0.6 is 11.3 Å². The van der Waals surface area contributed by atoms with Crippen LogP contribution in [0, 0.1) is 11.6 Å². The van der Waals surface area contributed by atoms with Gasteiger partial charge in [-0.15, -0.1) is 11.3 Å². The molecule has 0 saturated carbocycles. The number of hydrogen-bond donors (Lipinski definition) is 4. The van der Waals surface area contributed by atoms with Gasteiger partial charge in [0.15, 0.2) is 5.82 Å². The van der Waals surface area contributed by atoms with Gasteiger partial charge in [-0.25, -0.2) is 24.6 Å². The van der Waals surface area contributed by atoms with E-state index in [-0.39, 0.29) is 17.5 Å². The third-order valence-electron chi connectivity index (χ3n) is 5.42. The minimum atomic E-state index is -0.677. The monoisotopic (exact) mass is 495 g/mol. The van der Waals surface area contributed by atoms with Crippen LogP contribution in [0.2, 0.25) is 0 Å². The van der Waals surface area contributed by atoms with Crippen LogP contribution in [0.5, 0.6) is 0 Å². The average molecular weight is 496 g/mol. The maximum Gasteiger partial charge on any atom is 0.223 e. The molecule has 10 heteroatoms. The van der Waals surface area contributed by atoms with Crippen molar-refractivity contribution in [2.75, 3.05) is 18.4 Å². The first-order valence-corrected chi connectivity index (χ1v) is 11.8. The summed E-state index contributed by atoms with van der Waals surface area (Å²) in [5.74, 6) is 5.13. The molecule has 0 spiro atoms. The van der Waals surface area contributed by atoms with Gasteiger partial charge in [-0.05, 0) is 54.1 Å². The van der Waals surface area contributed by atoms with Gasteiger partial charge < -0.3 is 21.8 Å². The zero-order chi connectivity index (χ0) is 25.2. The number of nitrogens with two attached hydrogens (primary N) is 3. The summed E-state index contributed by atoms with van der Waals surface area (Å²) >= 11 is 1.38. The topological polar surface area (TPSA) is 119 Å². The molecule has 7 nitrogen and oxygen atoms in total. The Morgan fingerprint density at radius 3 is 2.69 bits per heavy atom. The third kappa shape index (κ3) is 5.40. The van der Waals surface area contributed by atoms with Crippen molar-refractivity contribution in [1.82, 2.24) is 15.0 Å². The molecule has 182 valence electrons. The van der Waals surface area contributed by atoms with Gasteiger partial charge in [0.25, 0.3) is 0 Å². The molecule has 0 saturated heterocycles. The quantitative estimate of drug-likeness (QED) is 0.210. The summed E-state index contributed by atoms with van der Waals surface area (Å²) in [6.07, 6.45) is 4.00. The Balaban J connectivity index is 1.73. The fourth-order valence-corrected chi connectivity index (χ4v) is 4.98. The van der Waals surface area contributed by atoms with Crippen LogP contribution in [-0.2, 0) is 5.54 Å². The van der Waals surface area contributed by atoms with E-state index in [1.165, 1.54) is 40.9 Å². The highest BCUT2D eigenvalue weighted by molar-refractivity contribution is 7.22. The van der Waals surface area contributed by atoms with Crippen molar-refractivity contribution in [1.29, 1.82) is 0 Å². The molecule has 0 amide bonds. The first-order chi connectivity index (χ1) is 16.7. The van der Waals surface area contributed by atoms with Crippen molar-refractivity contribution in [2.24, 2.45) is 17.3 Å². The van der Waals surface area contributed by atoms with Gasteiger partial charge in [-0.1, -0.05) is 24.3 Å². The summed E-state index contributed by atoms with van der Waals surface area (Å²) < 4.78 is 29.9. The molecule has 4 rings (SSSR count). The molecule has 0 bridgehead atoms. The molecule has 0 atom stereocenters. The van der Waals surface area contributed by atoms with Crippen molar-refractivity contribution in [2.45, 2.75) is 19.4 Å². The third-order valence-corrected chi connectivity index (χ3v) is 6.61. The predicted octanol–water partition coefficient (Wildman–Crippen LogP) is 4.51. The maximum atomic E-state index is 14.8. The lowest BCUT2D eigenvalue weighted by Gasteiger charge is -2.23. The number of fused-ring (bicyclic) bond motifs is 1. The molecule has 2 aromatic carbocycles. The van der Waals surface area contributed by atoms with E-state index in [4.69, 9.17) is 17.3 Å². The lowest BCUT2D eigenvalue weighted by Crippen LogP contribution is -2.30. The zero-order valence-corrected chi connectivity index (χ0v) is 20.2. The molecule has 2 heterocycles. The summed E-state index contributed by atoms with van der Waals surface area (Å²) in [5, 5.41) is 5.34. The number of anilines is 1. The van der Waals surface area contributed by atoms with Crippen LogP contribution < -0.4 is 22.6 Å². The molecule has 0 fully saturated rings. The fourth-order valence-electron chi connectivity index (χ4n) is 3.80. The zero-order valence-electron chi connectivity index (χ0n) is 19.4. The molecule has 4 aromatic rings. The van der Waals surface area contributed by atoms with E-state index in [9.17, 15) is 8.78 Å². The van der Waals surface area contributed by atoms with Gasteiger partial charge in [0.2, 0.25) is 5.95 Å². The molecule has 0 aliphatic rings. The number of thiophene rings is 1. The van der Waals surface area contributed by atoms with E-state index < -0.39 is 11.4 Å². The Labute approximate surface area is 206 Å². The van der Waals surface area contributed by atoms with Crippen molar-refractivity contribution in [3.63, 3.8) is 0 Å². The van der Waals surface area contributed by atoms with Gasteiger partial charge in [-0.3, -0.25) is 0 Å². The van der Waals surface area contributed by atoms with Gasteiger partial charge >= 0.3 is 0 Å². The highest BCUT2D eigenvalue weighted by Gasteiger charge is 2.22. The predicted molar refractivity (Wildman–Crippen MR) is 138 cm³/mol. The van der Waals surface area contributed by atoms with Crippen LogP contribution in [-0.4, -0.2) is 28.1 Å². The number of hydrogen-bond acceptors (Lipinski definition) is 8. The normalized spacial score (nSPS) is 11.9. The molecule has 35 heavy (non-hydrogen) atoms. The summed E-state index contributed by atoms with van der Waals surface area (Å²) in [6.45, 7) is 4.64. The molecule has 0 radical (unpaired) electrons. The second kappa shape index (κ2) is 9.95. The standard InChI is InChI=1S/C25H27F2N7S/c1-25(2,29)19-7-6-16(26)13-18(19)17-5-3-4-15-12-21(35-23(15)17)22-20(27)14-32-24(33-22)31-9-11-34(30)10-8-28/h3-8,10,12-14H,9,11,28-30H2,1-2H3,(H,31,32,33)/b10-8-. The van der Waals surface area contributed by atoms with E-state index >= 15 is 0 Å². The smallest absolute Gasteiger partial charge is 0.223 e. The van der Waals surface area contributed by atoms with Crippen molar-refractivity contribution >= 4 is 27.4 Å². The van der Waals surface area contributed by atoms with Crippen LogP contribution in [0.15, 0.2) is 61.1 Å². The number of rotatable bonds is 8. The molecule has 7 N–H and O–H groups in total. The second-order valence-corrected chi connectivity index (χ2v) is 9.69. The van der Waals surface area contributed by atoms with Gasteiger partial charge in [0, 0.05) is 29.2 Å². The second-order valence-electron chi connectivity index (χ2n) is 8.64. The number of nitrogens with zero attached hydrogens (tertiary/aromatic N) is 3. The first kappa shape index (κ1) is 24.5. The van der Waals surface area contributed by atoms with E-state index in [1.54, 1.807) is 6.07 Å². The number of aromatic nitrogens is 2. The first-order valence-electron chi connectivity index (χ1n) is 11.0. The van der Waals surface area contributed by atoms with Gasteiger partial charge in [-0.2, -0.15) is 0 Å². The number of hydrazine groups is 1. The largest absolute Gasteiger partial charge is 0.403 e. The van der Waals surface area contributed by atoms with Crippen LogP contribution in [0.25, 0.3) is 31.8 Å². The molecular formula is C25H27F2N7S. The minimum absolute atomic E-state index is 0.180. The maximum absolute atomic E-state index is 14.8. The van der Waals surface area contributed by atoms with E-state index in [1.807, 2.05) is 38.1 Å². The SMILES string of the molecule is CC(C)(N)c1ccc(F)cc1-c1cccc2cc(-c3nc(NCCN(N)/C=C\N)ncc3F)sc12. The van der Waals surface area contributed by atoms with Crippen molar-refractivity contribution < 1.29 is 8.78 Å². The Kier molecular flexibility index (Phi) is 6.97. The Morgan fingerprint density at radius 1 is 1.14 bits per heavy atom. The lowest BCUT2D eigenvalue weighted by atomic mass is 9.87. The number of nitrogens with one attached hydrogen (secondary N) is 1. The summed E-state index contributed by atoms with van der Waals surface area (Å²) in [4.78, 5) is 9.04. The van der Waals surface area contributed by atoms with Crippen molar-refractivity contribution in [3.8, 4) is 21.7 Å². The average Bonchev–Trinajstić information content (AvgIpc) is 3.23. The Bertz CT molecular complexity index is 1380. The van der Waals surface area contributed by atoms with E-state index in [0.717, 1.165) is 27.4 Å². The highest BCUT2D eigenvalue weighted by atomic mass is 32.1. The molecular weight excluding hydrogens is 468 g/mol. The number of halogens is 2. The van der Waals surface area contributed by atoms with Gasteiger partial charge in [0.1, 0.15) is 11.5 Å². The lowest BCUT2D eigenvalue weighted by molar-refractivity contribution is 0.408. The molecule has 0 aliphatic carbocycles. The van der Waals surface area contributed by atoms with Crippen LogP contribution in [0.4, 0.5) is 14.7 Å². The Morgan fingerprint density at radius 2 is 1.94 bits per heavy atom. The van der Waals surface area contributed by atoms with Crippen LogP contribution in [0.3, 0.4) is 0 Å². The van der Waals surface area contributed by atoms with Gasteiger partial charge in [0.05, 0.1) is 17.6 Å². The molecule has 0 unspecified atom stereocenters. The summed E-state index contributed by atoms with van der Waals surface area (Å²) in [5.41, 5.74) is 13.6. The minimum Gasteiger partial charge on any atom is -0.403 e. The van der Waals surface area contributed by atoms with E-state index in [0.29, 0.717) is 23.5 Å². The highest BCUT2D eigenvalue weighted by Crippen LogP contribution is 2.41. The molecule has 0 aliphatic heterocycles. The Hall–Kier alpha value is -3.60. The number of benzene rings is 2.